The summed E-state index contributed by atoms with van der Waals surface area (Å²) in [4.78, 5) is 0. The Balaban J connectivity index is 2.16. The van der Waals surface area contributed by atoms with E-state index in [0.717, 1.165) is 6.26 Å². The Morgan fingerprint density at radius 2 is 2.00 bits per heavy atom. The van der Waals surface area contributed by atoms with Crippen LogP contribution in [0.15, 0.2) is 34.9 Å². The fourth-order valence-corrected chi connectivity index (χ4v) is 2.60. The summed E-state index contributed by atoms with van der Waals surface area (Å²) in [6, 6.07) is 8.33. The Labute approximate surface area is 122 Å². The number of benzene rings is 1. The molecule has 1 aromatic carbocycles. The molecule has 0 aliphatic heterocycles. The highest BCUT2D eigenvalue weighted by atomic mass is 32.2. The molecule has 0 unspecified atom stereocenters. The Morgan fingerprint density at radius 3 is 2.57 bits per heavy atom. The lowest BCUT2D eigenvalue weighted by Crippen LogP contribution is -2.00. The topological polar surface area (TPSA) is 80.4 Å². The monoisotopic (exact) mass is 313 g/mol. The zero-order chi connectivity index (χ0) is 15.5. The van der Waals surface area contributed by atoms with Crippen LogP contribution in [0.4, 0.5) is 4.39 Å². The molecule has 1 heterocycles. The molecule has 0 aliphatic carbocycles. The standard InChI is InChI=1S/C14H16FNO4S/c1-21(18,19)9-12-8-14(20-16-12)11-4-2-10(3-5-11)13(17)6-7-15/h2-5,8,13,17H,6-7,9H2,1H3/t13-/m0/s1. The molecule has 0 fully saturated rings. The molecular formula is C14H16FNO4S. The minimum atomic E-state index is -3.16. The van der Waals surface area contributed by atoms with Crippen LogP contribution in [0.1, 0.15) is 23.8 Å². The van der Waals surface area contributed by atoms with Crippen LogP contribution in [0.2, 0.25) is 0 Å². The normalized spacial score (nSPS) is 13.3. The fourth-order valence-electron chi connectivity index (χ4n) is 1.92. The van der Waals surface area contributed by atoms with Gasteiger partial charge in [0.25, 0.3) is 0 Å². The summed E-state index contributed by atoms with van der Waals surface area (Å²) in [5.41, 5.74) is 1.67. The molecule has 0 saturated carbocycles. The predicted molar refractivity (Wildman–Crippen MR) is 76.0 cm³/mol. The van der Waals surface area contributed by atoms with Crippen LogP contribution in [0.3, 0.4) is 0 Å². The number of hydrogen-bond acceptors (Lipinski definition) is 5. The van der Waals surface area contributed by atoms with Crippen LogP contribution in [0.25, 0.3) is 11.3 Å². The van der Waals surface area contributed by atoms with Crippen molar-refractivity contribution in [1.29, 1.82) is 0 Å². The summed E-state index contributed by atoms with van der Waals surface area (Å²) in [7, 11) is -3.16. The lowest BCUT2D eigenvalue weighted by molar-refractivity contribution is 0.156. The van der Waals surface area contributed by atoms with Crippen molar-refractivity contribution < 1.29 is 22.4 Å². The predicted octanol–water partition coefficient (Wildman–Crippen LogP) is 2.28. The first-order chi connectivity index (χ1) is 9.89. The van der Waals surface area contributed by atoms with Crippen molar-refractivity contribution in [3.8, 4) is 11.3 Å². The van der Waals surface area contributed by atoms with Gasteiger partial charge in [-0.3, -0.25) is 4.39 Å². The molecule has 21 heavy (non-hydrogen) atoms. The van der Waals surface area contributed by atoms with Gasteiger partial charge in [-0.1, -0.05) is 29.4 Å². The molecule has 1 atom stereocenters. The average molecular weight is 313 g/mol. The lowest BCUT2D eigenvalue weighted by atomic mass is 10.0. The second kappa shape index (κ2) is 6.36. The maximum absolute atomic E-state index is 12.2. The molecule has 2 aromatic rings. The average Bonchev–Trinajstić information content (AvgIpc) is 2.85. The van der Waals surface area contributed by atoms with Gasteiger partial charge in [-0.15, -0.1) is 0 Å². The Bertz CT molecular complexity index is 694. The molecule has 0 amide bonds. The summed E-state index contributed by atoms with van der Waals surface area (Å²) in [6.45, 7) is -0.583. The molecule has 2 rings (SSSR count). The van der Waals surface area contributed by atoms with Crippen molar-refractivity contribution in [3.63, 3.8) is 0 Å². The Kier molecular flexibility index (Phi) is 4.74. The van der Waals surface area contributed by atoms with E-state index in [1.807, 2.05) is 0 Å². The largest absolute Gasteiger partial charge is 0.388 e. The summed E-state index contributed by atoms with van der Waals surface area (Å²) >= 11 is 0. The van der Waals surface area contributed by atoms with E-state index < -0.39 is 22.6 Å². The number of aliphatic hydroxyl groups excluding tert-OH is 1. The Hall–Kier alpha value is -1.73. The lowest BCUT2D eigenvalue weighted by Gasteiger charge is -2.08. The summed E-state index contributed by atoms with van der Waals surface area (Å²) in [5, 5.41) is 13.4. The van der Waals surface area contributed by atoms with Crippen LogP contribution in [0, 0.1) is 0 Å². The second-order valence-corrected chi connectivity index (χ2v) is 7.01. The van der Waals surface area contributed by atoms with Gasteiger partial charge in [-0.05, 0) is 5.56 Å². The van der Waals surface area contributed by atoms with Crippen LogP contribution in [-0.4, -0.2) is 31.6 Å². The number of rotatable bonds is 6. The number of sulfone groups is 1. The molecule has 1 aromatic heterocycles. The van der Waals surface area contributed by atoms with Crippen LogP contribution >= 0.6 is 0 Å². The minimum absolute atomic E-state index is 0.0557. The number of nitrogens with zero attached hydrogens (tertiary/aromatic N) is 1. The summed E-state index contributed by atoms with van der Waals surface area (Å²) < 4.78 is 39.7. The van der Waals surface area contributed by atoms with Gasteiger partial charge in [-0.2, -0.15) is 0 Å². The maximum Gasteiger partial charge on any atom is 0.167 e. The molecule has 1 N–H and O–H groups in total. The van der Waals surface area contributed by atoms with E-state index in [4.69, 9.17) is 4.52 Å². The molecule has 114 valence electrons. The first kappa shape index (κ1) is 15.7. The third-order valence-electron chi connectivity index (χ3n) is 2.93. The van der Waals surface area contributed by atoms with Gasteiger partial charge in [-0.25, -0.2) is 8.42 Å². The van der Waals surface area contributed by atoms with Gasteiger partial charge in [0.1, 0.15) is 0 Å². The third kappa shape index (κ3) is 4.37. The SMILES string of the molecule is CS(=O)(=O)Cc1cc(-c2ccc([C@@H](O)CCF)cc2)on1. The molecule has 0 aliphatic rings. The smallest absolute Gasteiger partial charge is 0.167 e. The molecule has 0 saturated heterocycles. The summed E-state index contributed by atoms with van der Waals surface area (Å²) in [5.74, 6) is 0.268. The molecule has 7 heteroatoms. The number of alkyl halides is 1. The van der Waals surface area contributed by atoms with Gasteiger partial charge >= 0.3 is 0 Å². The molecule has 0 spiro atoms. The number of aliphatic hydroxyl groups is 1. The zero-order valence-electron chi connectivity index (χ0n) is 11.5. The number of halogens is 1. The van der Waals surface area contributed by atoms with Gasteiger partial charge in [0.2, 0.25) is 0 Å². The van der Waals surface area contributed by atoms with Crippen molar-refractivity contribution in [2.45, 2.75) is 18.3 Å². The highest BCUT2D eigenvalue weighted by Gasteiger charge is 2.12. The molecular weight excluding hydrogens is 297 g/mol. The van der Waals surface area contributed by atoms with E-state index in [-0.39, 0.29) is 12.2 Å². The fraction of sp³-hybridized carbons (Fsp3) is 0.357. The van der Waals surface area contributed by atoms with E-state index in [1.54, 1.807) is 30.3 Å². The summed E-state index contributed by atoms with van der Waals surface area (Å²) in [6.07, 6.45) is 0.349. The van der Waals surface area contributed by atoms with Crippen LogP contribution < -0.4 is 0 Å². The molecule has 0 radical (unpaired) electrons. The van der Waals surface area contributed by atoms with Crippen molar-refractivity contribution in [2.24, 2.45) is 0 Å². The van der Waals surface area contributed by atoms with Crippen molar-refractivity contribution in [2.75, 3.05) is 12.9 Å². The van der Waals surface area contributed by atoms with Crippen molar-refractivity contribution >= 4 is 9.84 Å². The maximum atomic E-state index is 12.2. The Morgan fingerprint density at radius 1 is 1.33 bits per heavy atom. The van der Waals surface area contributed by atoms with Crippen molar-refractivity contribution in [1.82, 2.24) is 5.16 Å². The third-order valence-corrected chi connectivity index (χ3v) is 3.75. The first-order valence-corrected chi connectivity index (χ1v) is 8.43. The quantitative estimate of drug-likeness (QED) is 0.885. The highest BCUT2D eigenvalue weighted by molar-refractivity contribution is 7.89. The highest BCUT2D eigenvalue weighted by Crippen LogP contribution is 2.24. The van der Waals surface area contributed by atoms with Crippen LogP contribution in [-0.2, 0) is 15.6 Å². The van der Waals surface area contributed by atoms with Gasteiger partial charge in [0, 0.05) is 24.3 Å². The van der Waals surface area contributed by atoms with E-state index in [2.05, 4.69) is 5.16 Å². The van der Waals surface area contributed by atoms with Crippen LogP contribution in [0.5, 0.6) is 0 Å². The van der Waals surface area contributed by atoms with E-state index in [9.17, 15) is 17.9 Å². The van der Waals surface area contributed by atoms with Crippen molar-refractivity contribution in [3.05, 3.63) is 41.6 Å². The zero-order valence-corrected chi connectivity index (χ0v) is 12.3. The molecule has 5 nitrogen and oxygen atoms in total. The van der Waals surface area contributed by atoms with Gasteiger partial charge in [0.15, 0.2) is 15.6 Å². The van der Waals surface area contributed by atoms with E-state index >= 15 is 0 Å². The number of aromatic nitrogens is 1. The molecule has 0 bridgehead atoms. The first-order valence-electron chi connectivity index (χ1n) is 6.37. The van der Waals surface area contributed by atoms with E-state index in [0.29, 0.717) is 22.6 Å². The van der Waals surface area contributed by atoms with E-state index in [1.165, 1.54) is 0 Å². The van der Waals surface area contributed by atoms with Gasteiger partial charge < -0.3 is 9.63 Å². The minimum Gasteiger partial charge on any atom is -0.388 e. The number of hydrogen-bond donors (Lipinski definition) is 1. The van der Waals surface area contributed by atoms with Gasteiger partial charge in [0.05, 0.1) is 24.2 Å². The second-order valence-electron chi connectivity index (χ2n) is 4.87.